The Balaban J connectivity index is 1.64. The molecule has 24 heavy (non-hydrogen) atoms. The van der Waals surface area contributed by atoms with E-state index in [1.807, 2.05) is 59.5 Å². The van der Waals surface area contributed by atoms with Crippen molar-refractivity contribution in [3.05, 3.63) is 89.9 Å². The van der Waals surface area contributed by atoms with Gasteiger partial charge in [0.25, 0.3) is 5.91 Å². The minimum atomic E-state index is -0.286. The fourth-order valence-corrected chi connectivity index (χ4v) is 3.09. The molecular weight excluding hydrogens is 300 g/mol. The maximum atomic E-state index is 13.0. The Hall–Kier alpha value is -3.01. The molecule has 4 rings (SSSR count). The number of hydrogen-bond acceptors (Lipinski definition) is 3. The summed E-state index contributed by atoms with van der Waals surface area (Å²) in [7, 11) is 0. The van der Waals surface area contributed by atoms with E-state index in [0.717, 1.165) is 17.9 Å². The highest BCUT2D eigenvalue weighted by Crippen LogP contribution is 2.33. The minimum absolute atomic E-state index is 0.0293. The number of fused-ring (bicyclic) bond motifs is 1. The zero-order valence-electron chi connectivity index (χ0n) is 13.2. The Morgan fingerprint density at radius 1 is 0.958 bits per heavy atom. The molecule has 4 heteroatoms. The molecule has 2 aromatic carbocycles. The van der Waals surface area contributed by atoms with Crippen LogP contribution in [0.2, 0.25) is 0 Å². The van der Waals surface area contributed by atoms with Crippen molar-refractivity contribution in [2.75, 3.05) is 11.9 Å². The van der Waals surface area contributed by atoms with Crippen LogP contribution in [0.25, 0.3) is 0 Å². The van der Waals surface area contributed by atoms with Gasteiger partial charge in [0, 0.05) is 12.2 Å². The highest BCUT2D eigenvalue weighted by atomic mass is 16.3. The molecule has 0 saturated carbocycles. The minimum Gasteiger partial charge on any atom is -0.465 e. The third-order valence-electron chi connectivity index (χ3n) is 4.32. The summed E-state index contributed by atoms with van der Waals surface area (Å²) in [4.78, 5) is 14.8. The van der Waals surface area contributed by atoms with Crippen molar-refractivity contribution in [1.29, 1.82) is 0 Å². The third-order valence-corrected chi connectivity index (χ3v) is 4.32. The monoisotopic (exact) mass is 318 g/mol. The zero-order valence-corrected chi connectivity index (χ0v) is 13.2. The fourth-order valence-electron chi connectivity index (χ4n) is 3.09. The van der Waals surface area contributed by atoms with Gasteiger partial charge in [0.2, 0.25) is 0 Å². The summed E-state index contributed by atoms with van der Waals surface area (Å²) >= 11 is 0. The van der Waals surface area contributed by atoms with Crippen LogP contribution in [0.3, 0.4) is 0 Å². The maximum absolute atomic E-state index is 13.0. The largest absolute Gasteiger partial charge is 0.465 e. The summed E-state index contributed by atoms with van der Waals surface area (Å²) in [6.45, 7) is 0.621. The lowest BCUT2D eigenvalue weighted by molar-refractivity contribution is 0.0665. The molecular formula is C20H18N2O2. The Labute approximate surface area is 140 Å². The van der Waals surface area contributed by atoms with Crippen LogP contribution < -0.4 is 5.32 Å². The molecule has 1 N–H and O–H groups in total. The second-order valence-electron chi connectivity index (χ2n) is 5.84. The smallest absolute Gasteiger partial charge is 0.257 e. The van der Waals surface area contributed by atoms with Gasteiger partial charge in [0.15, 0.2) is 6.17 Å². The zero-order chi connectivity index (χ0) is 16.4. The number of carbonyl (C=O) groups excluding carboxylic acids is 1. The molecule has 0 unspecified atom stereocenters. The number of furan rings is 1. The van der Waals surface area contributed by atoms with Crippen molar-refractivity contribution in [1.82, 2.24) is 4.90 Å². The van der Waals surface area contributed by atoms with Crippen LogP contribution in [0.15, 0.2) is 77.4 Å². The van der Waals surface area contributed by atoms with Gasteiger partial charge in [-0.1, -0.05) is 42.5 Å². The number of carbonyl (C=O) groups is 1. The van der Waals surface area contributed by atoms with Crippen molar-refractivity contribution in [2.45, 2.75) is 12.6 Å². The van der Waals surface area contributed by atoms with E-state index < -0.39 is 0 Å². The van der Waals surface area contributed by atoms with Crippen LogP contribution in [0, 0.1) is 0 Å². The van der Waals surface area contributed by atoms with Gasteiger partial charge in [0.1, 0.15) is 5.76 Å². The standard InChI is InChI=1S/C20H18N2O2/c23-20-16-9-4-5-10-17(16)21-19(18-11-6-14-24-18)22(20)13-12-15-7-2-1-3-8-15/h1-11,14,19,21H,12-13H2/t19-/m1/s1. The molecule has 0 bridgehead atoms. The predicted octanol–water partition coefficient (Wildman–Crippen LogP) is 4.09. The van der Waals surface area contributed by atoms with E-state index in [4.69, 9.17) is 4.42 Å². The molecule has 4 nitrogen and oxygen atoms in total. The summed E-state index contributed by atoms with van der Waals surface area (Å²) in [5, 5.41) is 3.43. The van der Waals surface area contributed by atoms with Gasteiger partial charge >= 0.3 is 0 Å². The van der Waals surface area contributed by atoms with Crippen LogP contribution in [0.5, 0.6) is 0 Å². The Morgan fingerprint density at radius 3 is 2.54 bits per heavy atom. The number of nitrogens with one attached hydrogen (secondary N) is 1. The number of hydrogen-bond donors (Lipinski definition) is 1. The maximum Gasteiger partial charge on any atom is 0.257 e. The molecule has 1 amide bonds. The lowest BCUT2D eigenvalue weighted by atomic mass is 10.1. The molecule has 2 heterocycles. The summed E-state index contributed by atoms with van der Waals surface area (Å²) in [6, 6.07) is 21.5. The van der Waals surface area contributed by atoms with Crippen LogP contribution in [0.1, 0.15) is 27.8 Å². The van der Waals surface area contributed by atoms with Gasteiger partial charge in [-0.2, -0.15) is 0 Å². The molecule has 0 saturated heterocycles. The van der Waals surface area contributed by atoms with E-state index in [-0.39, 0.29) is 12.1 Å². The van der Waals surface area contributed by atoms with Crippen LogP contribution in [0.4, 0.5) is 5.69 Å². The van der Waals surface area contributed by atoms with Crippen molar-refractivity contribution in [3.8, 4) is 0 Å². The van der Waals surface area contributed by atoms with Gasteiger partial charge in [0.05, 0.1) is 11.8 Å². The van der Waals surface area contributed by atoms with Crippen LogP contribution in [-0.2, 0) is 6.42 Å². The average Bonchev–Trinajstić information content (AvgIpc) is 3.16. The first-order valence-electron chi connectivity index (χ1n) is 8.07. The first-order valence-corrected chi connectivity index (χ1v) is 8.07. The predicted molar refractivity (Wildman–Crippen MR) is 92.7 cm³/mol. The number of rotatable bonds is 4. The SMILES string of the molecule is O=C1c2ccccc2N[C@@H](c2ccco2)N1CCc1ccccc1. The molecule has 0 fully saturated rings. The van der Waals surface area contributed by atoms with Crippen molar-refractivity contribution in [2.24, 2.45) is 0 Å². The van der Waals surface area contributed by atoms with Crippen LogP contribution >= 0.6 is 0 Å². The third kappa shape index (κ3) is 2.67. The van der Waals surface area contributed by atoms with Gasteiger partial charge in [-0.3, -0.25) is 4.79 Å². The molecule has 3 aromatic rings. The van der Waals surface area contributed by atoms with E-state index in [1.54, 1.807) is 6.26 Å². The summed E-state index contributed by atoms with van der Waals surface area (Å²) in [6.07, 6.45) is 2.15. The average molecular weight is 318 g/mol. The fraction of sp³-hybridized carbons (Fsp3) is 0.150. The summed E-state index contributed by atoms with van der Waals surface area (Å²) in [5.74, 6) is 0.771. The summed E-state index contributed by atoms with van der Waals surface area (Å²) < 4.78 is 5.56. The molecule has 1 aliphatic heterocycles. The highest BCUT2D eigenvalue weighted by Gasteiger charge is 2.33. The normalized spacial score (nSPS) is 16.6. The lowest BCUT2D eigenvalue weighted by Crippen LogP contribution is -2.43. The first kappa shape index (κ1) is 14.6. The van der Waals surface area contributed by atoms with Crippen LogP contribution in [-0.4, -0.2) is 17.4 Å². The number of para-hydroxylation sites is 1. The van der Waals surface area contributed by atoms with Crippen molar-refractivity contribution >= 4 is 11.6 Å². The molecule has 1 aromatic heterocycles. The van der Waals surface area contributed by atoms with E-state index >= 15 is 0 Å². The highest BCUT2D eigenvalue weighted by molar-refractivity contribution is 6.01. The Morgan fingerprint density at radius 2 is 1.75 bits per heavy atom. The first-order chi connectivity index (χ1) is 11.8. The van der Waals surface area contributed by atoms with E-state index in [0.29, 0.717) is 12.1 Å². The molecule has 120 valence electrons. The van der Waals surface area contributed by atoms with Gasteiger partial charge in [-0.25, -0.2) is 0 Å². The second kappa shape index (κ2) is 6.24. The number of nitrogens with zero attached hydrogens (tertiary/aromatic N) is 1. The Kier molecular flexibility index (Phi) is 3.79. The molecule has 0 radical (unpaired) electrons. The molecule has 1 aliphatic rings. The van der Waals surface area contributed by atoms with Gasteiger partial charge < -0.3 is 14.6 Å². The quantitative estimate of drug-likeness (QED) is 0.788. The molecule has 0 spiro atoms. The summed E-state index contributed by atoms with van der Waals surface area (Å²) in [5.41, 5.74) is 2.76. The molecule has 1 atom stereocenters. The van der Waals surface area contributed by atoms with E-state index in [9.17, 15) is 4.79 Å². The van der Waals surface area contributed by atoms with Gasteiger partial charge in [-0.05, 0) is 36.2 Å². The molecule has 0 aliphatic carbocycles. The van der Waals surface area contributed by atoms with E-state index in [2.05, 4.69) is 17.4 Å². The lowest BCUT2D eigenvalue weighted by Gasteiger charge is -2.36. The van der Waals surface area contributed by atoms with Crippen molar-refractivity contribution < 1.29 is 9.21 Å². The van der Waals surface area contributed by atoms with E-state index in [1.165, 1.54) is 5.56 Å². The number of benzene rings is 2. The number of anilines is 1. The van der Waals surface area contributed by atoms with Crippen molar-refractivity contribution in [3.63, 3.8) is 0 Å². The Bertz CT molecular complexity index is 828. The second-order valence-corrected chi connectivity index (χ2v) is 5.84. The number of amides is 1. The topological polar surface area (TPSA) is 45.5 Å². The van der Waals surface area contributed by atoms with Gasteiger partial charge in [-0.15, -0.1) is 0 Å².